The summed E-state index contributed by atoms with van der Waals surface area (Å²) in [6.45, 7) is 0.459. The van der Waals surface area contributed by atoms with Crippen LogP contribution in [0.1, 0.15) is 41.6 Å². The van der Waals surface area contributed by atoms with E-state index in [-0.39, 0.29) is 29.9 Å². The molecule has 3 aromatic rings. The van der Waals surface area contributed by atoms with Crippen LogP contribution in [0.15, 0.2) is 58.6 Å². The van der Waals surface area contributed by atoms with Crippen LogP contribution in [0.3, 0.4) is 0 Å². The topological polar surface area (TPSA) is 133 Å². The third-order valence-electron chi connectivity index (χ3n) is 5.84. The van der Waals surface area contributed by atoms with Gasteiger partial charge in [-0.25, -0.2) is 9.78 Å². The van der Waals surface area contributed by atoms with Crippen molar-refractivity contribution in [1.82, 2.24) is 25.7 Å². The Bertz CT molecular complexity index is 1420. The van der Waals surface area contributed by atoms with Crippen molar-refractivity contribution in [3.8, 4) is 0 Å². The van der Waals surface area contributed by atoms with Crippen LogP contribution in [-0.2, 0) is 19.1 Å². The number of ether oxygens (including phenoxy) is 1. The normalized spacial score (nSPS) is 14.1. The molecule has 13 heteroatoms. The number of thiocarbonyl (C=S) groups is 1. The quantitative estimate of drug-likeness (QED) is 0.0748. The molecule has 0 radical (unpaired) electrons. The molecule has 0 aliphatic carbocycles. The number of nitrogens with one attached hydrogen (secondary N) is 3. The number of hydrazine groups is 1. The number of fused-ring (bicyclic) bond motifs is 1. The maximum absolute atomic E-state index is 12.8. The number of unbranched alkanes of at least 4 members (excludes halogenated alkanes) is 2. The molecular weight excluding hydrogens is 571 g/mol. The van der Waals surface area contributed by atoms with Gasteiger partial charge in [0.1, 0.15) is 4.32 Å². The van der Waals surface area contributed by atoms with Crippen molar-refractivity contribution < 1.29 is 23.9 Å². The second kappa shape index (κ2) is 14.1. The van der Waals surface area contributed by atoms with Crippen LogP contribution in [0.4, 0.5) is 0 Å². The lowest BCUT2D eigenvalue weighted by atomic mass is 10.1. The van der Waals surface area contributed by atoms with Gasteiger partial charge in [0.05, 0.1) is 34.4 Å². The maximum Gasteiger partial charge on any atom is 0.337 e. The van der Waals surface area contributed by atoms with Crippen LogP contribution >= 0.6 is 35.7 Å². The van der Waals surface area contributed by atoms with Crippen LogP contribution in [0.2, 0.25) is 0 Å². The van der Waals surface area contributed by atoms with Crippen molar-refractivity contribution in [2.45, 2.75) is 30.8 Å². The molecule has 1 aliphatic rings. The lowest BCUT2D eigenvalue weighted by Crippen LogP contribution is -2.42. The highest BCUT2D eigenvalue weighted by Crippen LogP contribution is 2.32. The van der Waals surface area contributed by atoms with Gasteiger partial charge in [-0.2, -0.15) is 0 Å². The molecule has 1 aromatic heterocycles. The average molecular weight is 598 g/mol. The average Bonchev–Trinajstić information content (AvgIpc) is 3.50. The number of carbonyl (C=O) groups excluding carboxylic acids is 4. The highest BCUT2D eigenvalue weighted by Gasteiger charge is 2.31. The van der Waals surface area contributed by atoms with E-state index in [1.54, 1.807) is 35.2 Å². The first-order chi connectivity index (χ1) is 19.3. The monoisotopic (exact) mass is 597 g/mol. The number of thioether (sulfide) groups is 2. The number of esters is 1. The van der Waals surface area contributed by atoms with Gasteiger partial charge in [0.15, 0.2) is 5.16 Å². The van der Waals surface area contributed by atoms with Crippen molar-refractivity contribution in [3.05, 3.63) is 64.6 Å². The Morgan fingerprint density at radius 2 is 1.82 bits per heavy atom. The fraction of sp³-hybridized carbons (Fsp3) is 0.259. The number of amides is 3. The van der Waals surface area contributed by atoms with Crippen LogP contribution in [-0.4, -0.2) is 62.3 Å². The summed E-state index contributed by atoms with van der Waals surface area (Å²) in [7, 11) is 1.32. The number of hydrogen-bond donors (Lipinski definition) is 3. The highest BCUT2D eigenvalue weighted by molar-refractivity contribution is 8.26. The first kappa shape index (κ1) is 29.3. The molecule has 0 atom stereocenters. The lowest BCUT2D eigenvalue weighted by molar-refractivity contribution is -0.127. The molecule has 10 nitrogen and oxygen atoms in total. The Hall–Kier alpha value is -3.68. The third-order valence-corrected chi connectivity index (χ3v) is 8.09. The number of nitrogens with zero attached hydrogens (tertiary/aromatic N) is 2. The minimum atomic E-state index is -0.422. The molecule has 0 unspecified atom stereocenters. The number of hydrogen-bond acceptors (Lipinski definition) is 9. The van der Waals surface area contributed by atoms with Crippen molar-refractivity contribution >= 4 is 80.9 Å². The van der Waals surface area contributed by atoms with E-state index in [0.717, 1.165) is 16.6 Å². The molecular formula is C27H27N5O5S3. The highest BCUT2D eigenvalue weighted by atomic mass is 32.2. The van der Waals surface area contributed by atoms with E-state index in [2.05, 4.69) is 20.8 Å². The van der Waals surface area contributed by atoms with Gasteiger partial charge in [0, 0.05) is 13.0 Å². The summed E-state index contributed by atoms with van der Waals surface area (Å²) in [5, 5.41) is 0.633. The summed E-state index contributed by atoms with van der Waals surface area (Å²) in [5.41, 5.74) is 7.78. The standard InChI is InChI=1S/C27H27N5O5S3/c1-37-25(36)18-12-10-17(11-13-18)15-21-24(35)32(27(38)40-21)14-6-2-3-9-22(33)30-31-23(34)16-39-26-28-19-7-4-5-8-20(19)29-26/h4-5,7-8,10-13,15H,2-3,6,9,14,16H2,1H3,(H,28,29)(H,30,33)(H,31,34)/b21-15-. The SMILES string of the molecule is COC(=O)c1ccc(/C=C2\SC(=S)N(CCCCCC(=O)NNC(=O)CSc3nc4ccccc4[nH]3)C2=O)cc1. The molecule has 0 saturated carbocycles. The minimum Gasteiger partial charge on any atom is -0.465 e. The molecule has 4 rings (SSSR count). The van der Waals surface area contributed by atoms with E-state index in [0.29, 0.717) is 45.8 Å². The third kappa shape index (κ3) is 7.93. The smallest absolute Gasteiger partial charge is 0.337 e. The van der Waals surface area contributed by atoms with Gasteiger partial charge in [0.2, 0.25) is 11.8 Å². The predicted octanol–water partition coefficient (Wildman–Crippen LogP) is 4.05. The van der Waals surface area contributed by atoms with Crippen molar-refractivity contribution in [3.63, 3.8) is 0 Å². The van der Waals surface area contributed by atoms with Crippen LogP contribution in [0.5, 0.6) is 0 Å². The number of rotatable bonds is 11. The number of methoxy groups -OCH3 is 1. The van der Waals surface area contributed by atoms with Gasteiger partial charge in [-0.3, -0.25) is 30.1 Å². The van der Waals surface area contributed by atoms with E-state index in [4.69, 9.17) is 17.0 Å². The van der Waals surface area contributed by atoms with Gasteiger partial charge in [0.25, 0.3) is 5.91 Å². The summed E-state index contributed by atoms with van der Waals surface area (Å²) < 4.78 is 5.19. The fourth-order valence-corrected chi connectivity index (χ4v) is 5.77. The molecule has 2 heterocycles. The van der Waals surface area contributed by atoms with Crippen molar-refractivity contribution in [2.24, 2.45) is 0 Å². The molecule has 40 heavy (non-hydrogen) atoms. The molecule has 2 aromatic carbocycles. The zero-order valence-electron chi connectivity index (χ0n) is 21.6. The van der Waals surface area contributed by atoms with Gasteiger partial charge in [-0.05, 0) is 48.7 Å². The molecule has 1 fully saturated rings. The number of para-hydroxylation sites is 2. The number of aromatic nitrogens is 2. The summed E-state index contributed by atoms with van der Waals surface area (Å²) >= 11 is 7.87. The second-order valence-corrected chi connectivity index (χ2v) is 11.3. The lowest BCUT2D eigenvalue weighted by Gasteiger charge is -2.14. The minimum absolute atomic E-state index is 0.108. The summed E-state index contributed by atoms with van der Waals surface area (Å²) in [6, 6.07) is 14.4. The Morgan fingerprint density at radius 3 is 2.58 bits per heavy atom. The second-order valence-electron chi connectivity index (χ2n) is 8.70. The molecule has 0 spiro atoms. The molecule has 1 aliphatic heterocycles. The van der Waals surface area contributed by atoms with Gasteiger partial charge in [-0.15, -0.1) is 0 Å². The Morgan fingerprint density at radius 1 is 1.07 bits per heavy atom. The Balaban J connectivity index is 1.11. The van der Waals surface area contributed by atoms with Gasteiger partial charge in [-0.1, -0.05) is 66.4 Å². The molecule has 1 saturated heterocycles. The summed E-state index contributed by atoms with van der Waals surface area (Å²) in [5.74, 6) is -1.09. The molecule has 3 amide bonds. The van der Waals surface area contributed by atoms with E-state index < -0.39 is 5.97 Å². The maximum atomic E-state index is 12.8. The summed E-state index contributed by atoms with van der Waals surface area (Å²) in [4.78, 5) is 58.1. The van der Waals surface area contributed by atoms with E-state index >= 15 is 0 Å². The largest absolute Gasteiger partial charge is 0.465 e. The zero-order valence-corrected chi connectivity index (χ0v) is 24.0. The number of benzene rings is 2. The van der Waals surface area contributed by atoms with Gasteiger partial charge >= 0.3 is 5.97 Å². The summed E-state index contributed by atoms with van der Waals surface area (Å²) in [6.07, 6.45) is 3.99. The fourth-order valence-electron chi connectivity index (χ4n) is 3.78. The first-order valence-corrected chi connectivity index (χ1v) is 14.6. The van der Waals surface area contributed by atoms with Crippen LogP contribution in [0.25, 0.3) is 17.1 Å². The number of imidazole rings is 1. The van der Waals surface area contributed by atoms with E-state index in [9.17, 15) is 19.2 Å². The Kier molecular flexibility index (Phi) is 10.3. The zero-order chi connectivity index (χ0) is 28.5. The van der Waals surface area contributed by atoms with E-state index in [1.807, 2.05) is 24.3 Å². The molecule has 208 valence electrons. The van der Waals surface area contributed by atoms with Crippen LogP contribution < -0.4 is 10.9 Å². The van der Waals surface area contributed by atoms with Gasteiger partial charge < -0.3 is 9.72 Å². The first-order valence-electron chi connectivity index (χ1n) is 12.4. The predicted molar refractivity (Wildman–Crippen MR) is 159 cm³/mol. The number of carbonyl (C=O) groups is 4. The molecule has 0 bridgehead atoms. The number of aromatic amines is 1. The molecule has 3 N–H and O–H groups in total. The number of H-pyrrole nitrogens is 1. The van der Waals surface area contributed by atoms with Crippen molar-refractivity contribution in [2.75, 3.05) is 19.4 Å². The van der Waals surface area contributed by atoms with E-state index in [1.165, 1.54) is 30.6 Å². The van der Waals surface area contributed by atoms with Crippen molar-refractivity contribution in [1.29, 1.82) is 0 Å². The van der Waals surface area contributed by atoms with Crippen LogP contribution in [0, 0.1) is 0 Å². The Labute approximate surface area is 244 Å².